The quantitative estimate of drug-likeness (QED) is 0.840. The lowest BCUT2D eigenvalue weighted by molar-refractivity contribution is 0.0950. The van der Waals surface area contributed by atoms with Crippen molar-refractivity contribution in [1.82, 2.24) is 10.3 Å². The number of pyridine rings is 1. The maximum Gasteiger partial charge on any atom is 0.261 e. The van der Waals surface area contributed by atoms with Crippen LogP contribution in [0.2, 0.25) is 0 Å². The van der Waals surface area contributed by atoms with Crippen molar-refractivity contribution in [2.24, 2.45) is 5.92 Å². The lowest BCUT2D eigenvalue weighted by Gasteiger charge is -2.09. The molecule has 0 atom stereocenters. The molecule has 1 aromatic heterocycles. The first-order valence-corrected chi connectivity index (χ1v) is 6.46. The van der Waals surface area contributed by atoms with Crippen LogP contribution in [0.4, 0.5) is 0 Å². The van der Waals surface area contributed by atoms with E-state index in [2.05, 4.69) is 24.1 Å². The van der Waals surface area contributed by atoms with Gasteiger partial charge < -0.3 is 10.3 Å². The fourth-order valence-corrected chi connectivity index (χ4v) is 1.77. The molecule has 1 heterocycles. The maximum atomic E-state index is 11.9. The van der Waals surface area contributed by atoms with Crippen molar-refractivity contribution in [3.05, 3.63) is 33.2 Å². The monoisotopic (exact) mass is 250 g/mol. The molecule has 0 spiro atoms. The summed E-state index contributed by atoms with van der Waals surface area (Å²) in [6, 6.07) is 1.69. The van der Waals surface area contributed by atoms with E-state index in [0.29, 0.717) is 12.5 Å². The molecule has 0 bridgehead atoms. The number of hydrogen-bond donors (Lipinski definition) is 2. The minimum atomic E-state index is -0.313. The Morgan fingerprint density at radius 1 is 1.44 bits per heavy atom. The van der Waals surface area contributed by atoms with Crippen LogP contribution in [-0.2, 0) is 6.42 Å². The van der Waals surface area contributed by atoms with Gasteiger partial charge in [-0.05, 0) is 37.3 Å². The molecular weight excluding hydrogens is 228 g/mol. The van der Waals surface area contributed by atoms with Crippen molar-refractivity contribution < 1.29 is 4.79 Å². The van der Waals surface area contributed by atoms with Crippen LogP contribution in [0.3, 0.4) is 0 Å². The molecule has 0 aliphatic heterocycles. The van der Waals surface area contributed by atoms with Crippen LogP contribution in [0.15, 0.2) is 10.9 Å². The van der Waals surface area contributed by atoms with Gasteiger partial charge in [-0.15, -0.1) is 0 Å². The van der Waals surface area contributed by atoms with E-state index in [1.54, 1.807) is 6.07 Å². The second kappa shape index (κ2) is 6.38. The third-order valence-corrected chi connectivity index (χ3v) is 2.98. The van der Waals surface area contributed by atoms with Crippen LogP contribution in [0, 0.1) is 12.8 Å². The Bertz CT molecular complexity index is 475. The van der Waals surface area contributed by atoms with Gasteiger partial charge in [-0.2, -0.15) is 0 Å². The third kappa shape index (κ3) is 3.72. The van der Waals surface area contributed by atoms with E-state index < -0.39 is 0 Å². The molecule has 4 heteroatoms. The number of aromatic nitrogens is 1. The topological polar surface area (TPSA) is 62.0 Å². The molecule has 0 unspecified atom stereocenters. The lowest BCUT2D eigenvalue weighted by atomic mass is 10.1. The van der Waals surface area contributed by atoms with Crippen LogP contribution in [-0.4, -0.2) is 17.4 Å². The minimum absolute atomic E-state index is 0.209. The van der Waals surface area contributed by atoms with Crippen molar-refractivity contribution in [2.45, 2.75) is 40.5 Å². The number of nitrogens with one attached hydrogen (secondary N) is 2. The third-order valence-electron chi connectivity index (χ3n) is 2.98. The smallest absolute Gasteiger partial charge is 0.261 e. The highest BCUT2D eigenvalue weighted by molar-refractivity contribution is 5.94. The first kappa shape index (κ1) is 14.5. The summed E-state index contributed by atoms with van der Waals surface area (Å²) in [5.74, 6) is 0.249. The normalized spacial score (nSPS) is 10.7. The van der Waals surface area contributed by atoms with Gasteiger partial charge in [0.2, 0.25) is 0 Å². The Morgan fingerprint density at radius 3 is 2.67 bits per heavy atom. The summed E-state index contributed by atoms with van der Waals surface area (Å²) in [6.07, 6.45) is 1.71. The van der Waals surface area contributed by atoms with Crippen LogP contribution in [0.1, 0.15) is 48.8 Å². The zero-order chi connectivity index (χ0) is 13.7. The summed E-state index contributed by atoms with van der Waals surface area (Å²) in [7, 11) is 0. The predicted molar refractivity (Wildman–Crippen MR) is 73.0 cm³/mol. The van der Waals surface area contributed by atoms with Crippen molar-refractivity contribution in [1.29, 1.82) is 0 Å². The van der Waals surface area contributed by atoms with Gasteiger partial charge in [-0.1, -0.05) is 20.8 Å². The summed E-state index contributed by atoms with van der Waals surface area (Å²) in [6.45, 7) is 8.65. The molecule has 4 nitrogen and oxygen atoms in total. The Balaban J connectivity index is 2.82. The molecule has 0 saturated heterocycles. The Kier molecular flexibility index (Phi) is 5.13. The number of hydrogen-bond acceptors (Lipinski definition) is 2. The van der Waals surface area contributed by atoms with Gasteiger partial charge in [0.25, 0.3) is 11.5 Å². The van der Waals surface area contributed by atoms with E-state index >= 15 is 0 Å². The average Bonchev–Trinajstić information content (AvgIpc) is 2.28. The molecule has 2 N–H and O–H groups in total. The van der Waals surface area contributed by atoms with Gasteiger partial charge >= 0.3 is 0 Å². The van der Waals surface area contributed by atoms with E-state index in [4.69, 9.17) is 0 Å². The standard InChI is InChI=1S/C14H22N2O2/c1-5-11-8-12(14(18)16-10(11)4)13(17)15-7-6-9(2)3/h8-9H,5-7H2,1-4H3,(H,15,17)(H,16,18). The van der Waals surface area contributed by atoms with Crippen LogP contribution < -0.4 is 10.9 Å². The van der Waals surface area contributed by atoms with Gasteiger partial charge in [0.15, 0.2) is 0 Å². The summed E-state index contributed by atoms with van der Waals surface area (Å²) in [4.78, 5) is 26.3. The molecule has 0 radical (unpaired) electrons. The first-order valence-electron chi connectivity index (χ1n) is 6.46. The van der Waals surface area contributed by atoms with E-state index in [1.165, 1.54) is 0 Å². The van der Waals surface area contributed by atoms with Gasteiger partial charge in [-0.3, -0.25) is 9.59 Å². The van der Waals surface area contributed by atoms with Gasteiger partial charge in [0, 0.05) is 12.2 Å². The van der Waals surface area contributed by atoms with Gasteiger partial charge in [-0.25, -0.2) is 0 Å². The number of amides is 1. The van der Waals surface area contributed by atoms with Crippen molar-refractivity contribution in [3.63, 3.8) is 0 Å². The molecule has 0 aliphatic rings. The van der Waals surface area contributed by atoms with E-state index in [9.17, 15) is 9.59 Å². The molecule has 0 fully saturated rings. The van der Waals surface area contributed by atoms with E-state index in [-0.39, 0.29) is 17.0 Å². The maximum absolute atomic E-state index is 11.9. The highest BCUT2D eigenvalue weighted by Gasteiger charge is 2.12. The molecule has 1 aromatic rings. The summed E-state index contributed by atoms with van der Waals surface area (Å²) in [5.41, 5.74) is 1.73. The number of aryl methyl sites for hydroxylation is 2. The molecule has 100 valence electrons. The number of carbonyl (C=O) groups is 1. The average molecular weight is 250 g/mol. The molecule has 0 aliphatic carbocycles. The Labute approximate surface area is 108 Å². The minimum Gasteiger partial charge on any atom is -0.352 e. The van der Waals surface area contributed by atoms with Crippen LogP contribution in [0.5, 0.6) is 0 Å². The highest BCUT2D eigenvalue weighted by atomic mass is 16.2. The van der Waals surface area contributed by atoms with E-state index in [1.807, 2.05) is 13.8 Å². The molecule has 18 heavy (non-hydrogen) atoms. The first-order chi connectivity index (χ1) is 8.45. The molecule has 1 rings (SSSR count). The number of aromatic amines is 1. The van der Waals surface area contributed by atoms with Crippen molar-refractivity contribution in [3.8, 4) is 0 Å². The summed E-state index contributed by atoms with van der Waals surface area (Å²) < 4.78 is 0. The molecule has 1 amide bonds. The predicted octanol–water partition coefficient (Wildman–Crippen LogP) is 2.02. The Morgan fingerprint density at radius 2 is 2.11 bits per heavy atom. The summed E-state index contributed by atoms with van der Waals surface area (Å²) >= 11 is 0. The van der Waals surface area contributed by atoms with Crippen molar-refractivity contribution >= 4 is 5.91 Å². The largest absolute Gasteiger partial charge is 0.352 e. The number of H-pyrrole nitrogens is 1. The van der Waals surface area contributed by atoms with E-state index in [0.717, 1.165) is 24.1 Å². The molecule has 0 aromatic carbocycles. The van der Waals surface area contributed by atoms with Gasteiger partial charge in [0.05, 0.1) is 0 Å². The molecule has 0 saturated carbocycles. The number of carbonyl (C=O) groups excluding carboxylic acids is 1. The zero-order valence-corrected chi connectivity index (χ0v) is 11.6. The van der Waals surface area contributed by atoms with Crippen LogP contribution >= 0.6 is 0 Å². The fourth-order valence-electron chi connectivity index (χ4n) is 1.77. The van der Waals surface area contributed by atoms with Gasteiger partial charge in [0.1, 0.15) is 5.56 Å². The lowest BCUT2D eigenvalue weighted by Crippen LogP contribution is -2.31. The second-order valence-electron chi connectivity index (χ2n) is 4.95. The zero-order valence-electron chi connectivity index (χ0n) is 11.6. The fraction of sp³-hybridized carbons (Fsp3) is 0.571. The second-order valence-corrected chi connectivity index (χ2v) is 4.95. The van der Waals surface area contributed by atoms with Crippen LogP contribution in [0.25, 0.3) is 0 Å². The summed E-state index contributed by atoms with van der Waals surface area (Å²) in [5, 5.41) is 2.78. The molecular formula is C14H22N2O2. The highest BCUT2D eigenvalue weighted by Crippen LogP contribution is 2.05. The van der Waals surface area contributed by atoms with Crippen molar-refractivity contribution in [2.75, 3.05) is 6.54 Å². The SMILES string of the molecule is CCc1cc(C(=O)NCCC(C)C)c(=O)[nH]c1C. The number of rotatable bonds is 5. The Hall–Kier alpha value is -1.58.